The van der Waals surface area contributed by atoms with Crippen LogP contribution in [0.4, 0.5) is 4.39 Å². The Morgan fingerprint density at radius 3 is 2.56 bits per heavy atom. The molecule has 0 saturated carbocycles. The largest absolute Gasteiger partial charge is 0.387 e. The Morgan fingerprint density at radius 2 is 2.00 bits per heavy atom. The zero-order chi connectivity index (χ0) is 13.6. The molecule has 0 spiro atoms. The summed E-state index contributed by atoms with van der Waals surface area (Å²) in [7, 11) is -3.41. The van der Waals surface area contributed by atoms with Gasteiger partial charge in [-0.3, -0.25) is 0 Å². The third kappa shape index (κ3) is 4.95. The smallest absolute Gasteiger partial charge is 0.211 e. The van der Waals surface area contributed by atoms with Crippen LogP contribution in [0.2, 0.25) is 0 Å². The number of rotatable bonds is 7. The van der Waals surface area contributed by atoms with Crippen molar-refractivity contribution < 1.29 is 17.9 Å². The number of sulfonamides is 1. The van der Waals surface area contributed by atoms with E-state index in [0.29, 0.717) is 12.0 Å². The average molecular weight is 273 g/mol. The Morgan fingerprint density at radius 1 is 1.39 bits per heavy atom. The molecule has 1 aromatic carbocycles. The Balaban J connectivity index is 2.53. The molecule has 0 saturated heterocycles. The lowest BCUT2D eigenvalue weighted by Crippen LogP contribution is -2.30. The van der Waals surface area contributed by atoms with Crippen LogP contribution < -0.4 is 4.72 Å². The lowest BCUT2D eigenvalue weighted by molar-refractivity contribution is 0.182. The molecule has 1 atom stereocenters. The topological polar surface area (TPSA) is 66.4 Å². The number of hydrogen-bond donors (Lipinski definition) is 2. The fourth-order valence-corrected chi connectivity index (χ4v) is 2.35. The second-order valence-corrected chi connectivity index (χ2v) is 5.74. The second kappa shape index (κ2) is 6.63. The summed E-state index contributed by atoms with van der Waals surface area (Å²) < 4.78 is 37.8. The van der Waals surface area contributed by atoms with Gasteiger partial charge >= 0.3 is 0 Å². The van der Waals surface area contributed by atoms with Crippen LogP contribution in [0.25, 0.3) is 0 Å². The van der Waals surface area contributed by atoms with E-state index in [1.165, 1.54) is 30.3 Å². The minimum Gasteiger partial charge on any atom is -0.387 e. The number of benzene rings is 1. The third-order valence-electron chi connectivity index (χ3n) is 2.34. The summed E-state index contributed by atoms with van der Waals surface area (Å²) >= 11 is 0. The SMILES string of the molecule is C=CCCS(=O)(=O)NCC(O)c1ccc(F)cc1. The van der Waals surface area contributed by atoms with Gasteiger partial charge in [0.05, 0.1) is 11.9 Å². The molecule has 1 unspecified atom stereocenters. The predicted molar refractivity (Wildman–Crippen MR) is 68.0 cm³/mol. The first-order valence-corrected chi connectivity index (χ1v) is 7.11. The Kier molecular flexibility index (Phi) is 5.46. The summed E-state index contributed by atoms with van der Waals surface area (Å²) in [5.41, 5.74) is 0.461. The van der Waals surface area contributed by atoms with Crippen molar-refractivity contribution in [3.05, 3.63) is 48.3 Å². The number of nitrogens with one attached hydrogen (secondary N) is 1. The van der Waals surface area contributed by atoms with Gasteiger partial charge < -0.3 is 5.11 Å². The molecule has 0 heterocycles. The third-order valence-corrected chi connectivity index (χ3v) is 3.72. The molecular formula is C12H16FNO3S. The zero-order valence-electron chi connectivity index (χ0n) is 9.84. The van der Waals surface area contributed by atoms with Gasteiger partial charge in [0.25, 0.3) is 0 Å². The molecular weight excluding hydrogens is 257 g/mol. The highest BCUT2D eigenvalue weighted by atomic mass is 32.2. The fourth-order valence-electron chi connectivity index (χ4n) is 1.32. The highest BCUT2D eigenvalue weighted by Gasteiger charge is 2.13. The van der Waals surface area contributed by atoms with Crippen LogP contribution in [0.5, 0.6) is 0 Å². The fraction of sp³-hybridized carbons (Fsp3) is 0.333. The molecule has 0 aliphatic carbocycles. The van der Waals surface area contributed by atoms with Crippen molar-refractivity contribution in [2.24, 2.45) is 0 Å². The van der Waals surface area contributed by atoms with Crippen molar-refractivity contribution in [3.63, 3.8) is 0 Å². The van der Waals surface area contributed by atoms with Crippen molar-refractivity contribution in [1.29, 1.82) is 0 Å². The monoisotopic (exact) mass is 273 g/mol. The van der Waals surface area contributed by atoms with E-state index in [0.717, 1.165) is 0 Å². The van der Waals surface area contributed by atoms with Gasteiger partial charge in [-0.15, -0.1) is 6.58 Å². The minimum atomic E-state index is -3.41. The molecule has 1 aromatic rings. The van der Waals surface area contributed by atoms with Crippen molar-refractivity contribution in [3.8, 4) is 0 Å². The molecule has 0 radical (unpaired) electrons. The number of hydrogen-bond acceptors (Lipinski definition) is 3. The van der Waals surface area contributed by atoms with Gasteiger partial charge in [0.1, 0.15) is 5.82 Å². The minimum absolute atomic E-state index is 0.0629. The van der Waals surface area contributed by atoms with E-state index in [2.05, 4.69) is 11.3 Å². The van der Waals surface area contributed by atoms with E-state index in [-0.39, 0.29) is 12.3 Å². The van der Waals surface area contributed by atoms with Crippen LogP contribution >= 0.6 is 0 Å². The average Bonchev–Trinajstić information content (AvgIpc) is 2.35. The summed E-state index contributed by atoms with van der Waals surface area (Å²) in [6.07, 6.45) is 0.863. The molecule has 0 amide bonds. The van der Waals surface area contributed by atoms with Gasteiger partial charge in [-0.25, -0.2) is 17.5 Å². The van der Waals surface area contributed by atoms with E-state index in [9.17, 15) is 17.9 Å². The van der Waals surface area contributed by atoms with Crippen molar-refractivity contribution in [2.75, 3.05) is 12.3 Å². The molecule has 4 nitrogen and oxygen atoms in total. The number of aliphatic hydroxyl groups excluding tert-OH is 1. The molecule has 6 heteroatoms. The first kappa shape index (κ1) is 14.8. The summed E-state index contributed by atoms with van der Waals surface area (Å²) in [5, 5.41) is 9.73. The Bertz CT molecular complexity index is 485. The summed E-state index contributed by atoms with van der Waals surface area (Å²) in [6.45, 7) is 3.30. The van der Waals surface area contributed by atoms with Crippen LogP contribution in [0.15, 0.2) is 36.9 Å². The number of allylic oxidation sites excluding steroid dienone is 1. The Hall–Kier alpha value is -1.24. The summed E-state index contributed by atoms with van der Waals surface area (Å²) in [4.78, 5) is 0. The van der Waals surface area contributed by atoms with Crippen molar-refractivity contribution >= 4 is 10.0 Å². The van der Waals surface area contributed by atoms with Gasteiger partial charge in [-0.1, -0.05) is 18.2 Å². The molecule has 18 heavy (non-hydrogen) atoms. The summed E-state index contributed by atoms with van der Waals surface area (Å²) in [6, 6.07) is 5.26. The van der Waals surface area contributed by atoms with Crippen LogP contribution in [0, 0.1) is 5.82 Å². The Labute approximate surface area is 106 Å². The standard InChI is InChI=1S/C12H16FNO3S/c1-2-3-8-18(16,17)14-9-12(15)10-4-6-11(13)7-5-10/h2,4-7,12,14-15H,1,3,8-9H2. The van der Waals surface area contributed by atoms with Gasteiger partial charge in [-0.2, -0.15) is 0 Å². The van der Waals surface area contributed by atoms with Crippen LogP contribution in [0.1, 0.15) is 18.1 Å². The van der Waals surface area contributed by atoms with E-state index in [4.69, 9.17) is 0 Å². The highest BCUT2D eigenvalue weighted by Crippen LogP contribution is 2.12. The maximum Gasteiger partial charge on any atom is 0.211 e. The molecule has 0 bridgehead atoms. The van der Waals surface area contributed by atoms with Crippen LogP contribution in [0.3, 0.4) is 0 Å². The van der Waals surface area contributed by atoms with E-state index >= 15 is 0 Å². The van der Waals surface area contributed by atoms with Gasteiger partial charge in [0.2, 0.25) is 10.0 Å². The maximum absolute atomic E-state index is 12.7. The van der Waals surface area contributed by atoms with Crippen LogP contribution in [-0.4, -0.2) is 25.8 Å². The lowest BCUT2D eigenvalue weighted by Gasteiger charge is -2.12. The zero-order valence-corrected chi connectivity index (χ0v) is 10.7. The van der Waals surface area contributed by atoms with E-state index < -0.39 is 21.9 Å². The molecule has 2 N–H and O–H groups in total. The molecule has 100 valence electrons. The van der Waals surface area contributed by atoms with Gasteiger partial charge in [-0.05, 0) is 24.1 Å². The van der Waals surface area contributed by atoms with E-state index in [1.807, 2.05) is 0 Å². The quantitative estimate of drug-likeness (QED) is 0.737. The number of halogens is 1. The number of aliphatic hydroxyl groups is 1. The normalized spacial score (nSPS) is 13.2. The molecule has 1 rings (SSSR count). The van der Waals surface area contributed by atoms with Crippen molar-refractivity contribution in [1.82, 2.24) is 4.72 Å². The van der Waals surface area contributed by atoms with Crippen molar-refractivity contribution in [2.45, 2.75) is 12.5 Å². The first-order chi connectivity index (χ1) is 8.44. The van der Waals surface area contributed by atoms with E-state index in [1.54, 1.807) is 0 Å². The second-order valence-electron chi connectivity index (χ2n) is 3.81. The molecule has 0 aliphatic heterocycles. The van der Waals surface area contributed by atoms with Gasteiger partial charge in [0.15, 0.2) is 0 Å². The molecule has 0 aromatic heterocycles. The summed E-state index contributed by atoms with van der Waals surface area (Å²) in [5.74, 6) is -0.468. The lowest BCUT2D eigenvalue weighted by atomic mass is 10.1. The van der Waals surface area contributed by atoms with Crippen LogP contribution in [-0.2, 0) is 10.0 Å². The highest BCUT2D eigenvalue weighted by molar-refractivity contribution is 7.89. The predicted octanol–water partition coefficient (Wildman–Crippen LogP) is 1.35. The molecule has 0 fully saturated rings. The first-order valence-electron chi connectivity index (χ1n) is 5.46. The molecule has 0 aliphatic rings. The van der Waals surface area contributed by atoms with Gasteiger partial charge in [0, 0.05) is 6.54 Å². The maximum atomic E-state index is 12.7.